The Labute approximate surface area is 192 Å². The summed E-state index contributed by atoms with van der Waals surface area (Å²) in [4.78, 5) is 21.1. The van der Waals surface area contributed by atoms with Gasteiger partial charge in [-0.1, -0.05) is 24.3 Å². The van der Waals surface area contributed by atoms with Crippen molar-refractivity contribution in [3.05, 3.63) is 35.4 Å². The normalized spacial score (nSPS) is 22.7. The predicted molar refractivity (Wildman–Crippen MR) is 127 cm³/mol. The lowest BCUT2D eigenvalue weighted by molar-refractivity contribution is -0.0212. The van der Waals surface area contributed by atoms with Gasteiger partial charge in [-0.05, 0) is 45.2 Å². The second-order valence-corrected chi connectivity index (χ2v) is 9.72. The van der Waals surface area contributed by atoms with E-state index in [1.165, 1.54) is 11.1 Å². The Balaban J connectivity index is 1.48. The van der Waals surface area contributed by atoms with Gasteiger partial charge < -0.3 is 25.0 Å². The van der Waals surface area contributed by atoms with Crippen LogP contribution in [0.25, 0.3) is 0 Å². The minimum absolute atomic E-state index is 0.0580. The van der Waals surface area contributed by atoms with E-state index in [1.807, 2.05) is 20.8 Å². The maximum atomic E-state index is 12.1. The van der Waals surface area contributed by atoms with Crippen LogP contribution < -0.4 is 10.6 Å². The lowest BCUT2D eigenvalue weighted by Crippen LogP contribution is -2.44. The summed E-state index contributed by atoms with van der Waals surface area (Å²) in [7, 11) is 1.80. The number of nitrogens with zero attached hydrogens (tertiary/aromatic N) is 3. The van der Waals surface area contributed by atoms with Crippen LogP contribution in [0.5, 0.6) is 0 Å². The molecule has 178 valence electrons. The molecular weight excluding hydrogens is 406 g/mol. The van der Waals surface area contributed by atoms with Crippen molar-refractivity contribution in [3.8, 4) is 0 Å². The molecule has 0 saturated carbocycles. The summed E-state index contributed by atoms with van der Waals surface area (Å²) in [6.45, 7) is 13.7. The largest absolute Gasteiger partial charge is 0.444 e. The number of nitrogens with one attached hydrogen (secondary N) is 2. The highest BCUT2D eigenvalue weighted by molar-refractivity contribution is 5.80. The van der Waals surface area contributed by atoms with E-state index >= 15 is 0 Å². The van der Waals surface area contributed by atoms with Crippen LogP contribution in [0.2, 0.25) is 0 Å². The summed E-state index contributed by atoms with van der Waals surface area (Å²) >= 11 is 0. The molecule has 8 heteroatoms. The van der Waals surface area contributed by atoms with Crippen LogP contribution >= 0.6 is 0 Å². The zero-order chi connectivity index (χ0) is 23.1. The average Bonchev–Trinajstić information content (AvgIpc) is 3.15. The van der Waals surface area contributed by atoms with E-state index in [0.717, 1.165) is 45.2 Å². The van der Waals surface area contributed by atoms with E-state index in [1.54, 1.807) is 7.05 Å². The van der Waals surface area contributed by atoms with Crippen LogP contribution in [-0.2, 0) is 22.6 Å². The first-order chi connectivity index (χ1) is 15.2. The Hall–Kier alpha value is -2.32. The van der Waals surface area contributed by atoms with E-state index in [-0.39, 0.29) is 12.1 Å². The molecule has 0 radical (unpaired) electrons. The molecule has 0 spiro atoms. The van der Waals surface area contributed by atoms with Gasteiger partial charge in [-0.25, -0.2) is 4.79 Å². The molecular formula is C24H39N5O3. The maximum absolute atomic E-state index is 12.1. The lowest BCUT2D eigenvalue weighted by atomic mass is 10.1. The molecule has 2 N–H and O–H groups in total. The molecule has 2 aliphatic heterocycles. The first-order valence-electron chi connectivity index (χ1n) is 11.6. The third-order valence-corrected chi connectivity index (χ3v) is 5.59. The van der Waals surface area contributed by atoms with Crippen LogP contribution in [0.15, 0.2) is 29.3 Å². The monoisotopic (exact) mass is 445 g/mol. The molecule has 2 saturated heterocycles. The molecule has 1 aromatic rings. The van der Waals surface area contributed by atoms with Gasteiger partial charge in [-0.15, -0.1) is 0 Å². The van der Waals surface area contributed by atoms with Crippen LogP contribution in [0.4, 0.5) is 4.79 Å². The van der Waals surface area contributed by atoms with Gasteiger partial charge in [-0.2, -0.15) is 0 Å². The number of alkyl carbamates (subject to hydrolysis) is 1. The summed E-state index contributed by atoms with van der Waals surface area (Å²) in [5, 5.41) is 6.44. The summed E-state index contributed by atoms with van der Waals surface area (Å²) in [6, 6.07) is 8.77. The van der Waals surface area contributed by atoms with Crippen LogP contribution in [-0.4, -0.2) is 79.4 Å². The number of guanidine groups is 1. The van der Waals surface area contributed by atoms with Crippen molar-refractivity contribution in [2.24, 2.45) is 4.99 Å². The van der Waals surface area contributed by atoms with Gasteiger partial charge in [0.25, 0.3) is 0 Å². The zero-order valence-electron chi connectivity index (χ0n) is 20.2. The number of carbonyl (C=O) groups excluding carboxylic acids is 1. The Morgan fingerprint density at radius 2 is 2.03 bits per heavy atom. The highest BCUT2D eigenvalue weighted by atomic mass is 16.6. The van der Waals surface area contributed by atoms with Crippen molar-refractivity contribution >= 4 is 12.1 Å². The average molecular weight is 446 g/mol. The number of hydrogen-bond acceptors (Lipinski definition) is 5. The van der Waals surface area contributed by atoms with Crippen LogP contribution in [0.3, 0.4) is 0 Å². The Morgan fingerprint density at radius 3 is 2.75 bits per heavy atom. The first kappa shape index (κ1) is 24.3. The van der Waals surface area contributed by atoms with Crippen molar-refractivity contribution in [2.75, 3.05) is 39.8 Å². The van der Waals surface area contributed by atoms with Gasteiger partial charge in [0.2, 0.25) is 0 Å². The molecule has 8 nitrogen and oxygen atoms in total. The minimum Gasteiger partial charge on any atom is -0.444 e. The molecule has 1 aromatic carbocycles. The van der Waals surface area contributed by atoms with Crippen molar-refractivity contribution < 1.29 is 14.3 Å². The molecule has 0 aromatic heterocycles. The number of aliphatic imine (C=N–C) groups is 1. The molecule has 2 aliphatic rings. The number of morpholine rings is 1. The van der Waals surface area contributed by atoms with Gasteiger partial charge >= 0.3 is 6.09 Å². The van der Waals surface area contributed by atoms with E-state index in [0.29, 0.717) is 19.2 Å². The third kappa shape index (κ3) is 7.67. The summed E-state index contributed by atoms with van der Waals surface area (Å²) < 4.78 is 11.0. The molecule has 3 rings (SSSR count). The second-order valence-electron chi connectivity index (χ2n) is 9.72. The fourth-order valence-corrected chi connectivity index (χ4v) is 4.19. The predicted octanol–water partition coefficient (Wildman–Crippen LogP) is 2.58. The van der Waals surface area contributed by atoms with Gasteiger partial charge in [0, 0.05) is 46.3 Å². The Bertz CT molecular complexity index is 792. The van der Waals surface area contributed by atoms with Crippen LogP contribution in [0.1, 0.15) is 45.2 Å². The van der Waals surface area contributed by atoms with Gasteiger partial charge in [0.05, 0.1) is 18.8 Å². The minimum atomic E-state index is -0.492. The van der Waals surface area contributed by atoms with E-state index in [4.69, 9.17) is 9.47 Å². The molecule has 32 heavy (non-hydrogen) atoms. The van der Waals surface area contributed by atoms with Gasteiger partial charge in [0.15, 0.2) is 5.96 Å². The number of ether oxygens (including phenoxy) is 2. The number of hydrogen-bond donors (Lipinski definition) is 2. The molecule has 0 aliphatic carbocycles. The highest BCUT2D eigenvalue weighted by Gasteiger charge is 2.27. The second kappa shape index (κ2) is 11.0. The smallest absolute Gasteiger partial charge is 0.407 e. The zero-order valence-corrected chi connectivity index (χ0v) is 20.2. The summed E-state index contributed by atoms with van der Waals surface area (Å²) in [5.41, 5.74) is 2.05. The standard InChI is InChI=1S/C24H39N5O3/c1-18-15-28(11-12-31-18)16-20-8-6-7-19(13-20)14-26-22(25-5)29-10-9-21(17-29)27-23(30)32-24(2,3)4/h6-8,13,18,21H,9-12,14-17H2,1-5H3,(H,25,26)(H,27,30). The number of amides is 1. The van der Waals surface area contributed by atoms with E-state index in [9.17, 15) is 4.79 Å². The Kier molecular flexibility index (Phi) is 8.37. The maximum Gasteiger partial charge on any atom is 0.407 e. The third-order valence-electron chi connectivity index (χ3n) is 5.59. The topological polar surface area (TPSA) is 78.4 Å². The van der Waals surface area contributed by atoms with Gasteiger partial charge in [0.1, 0.15) is 5.60 Å². The fraction of sp³-hybridized carbons (Fsp3) is 0.667. The first-order valence-corrected chi connectivity index (χ1v) is 11.6. The fourth-order valence-electron chi connectivity index (χ4n) is 4.19. The number of rotatable bonds is 5. The summed E-state index contributed by atoms with van der Waals surface area (Å²) in [6.07, 6.45) is 0.803. The van der Waals surface area contributed by atoms with Crippen LogP contribution in [0, 0.1) is 0 Å². The molecule has 2 heterocycles. The van der Waals surface area contributed by atoms with Crippen molar-refractivity contribution in [2.45, 2.75) is 65.0 Å². The quantitative estimate of drug-likeness (QED) is 0.536. The summed E-state index contributed by atoms with van der Waals surface area (Å²) in [5.74, 6) is 0.853. The highest BCUT2D eigenvalue weighted by Crippen LogP contribution is 2.14. The van der Waals surface area contributed by atoms with Crippen molar-refractivity contribution in [1.82, 2.24) is 20.4 Å². The molecule has 1 amide bonds. The number of carbonyl (C=O) groups is 1. The van der Waals surface area contributed by atoms with Gasteiger partial charge in [-0.3, -0.25) is 9.89 Å². The van der Waals surface area contributed by atoms with E-state index in [2.05, 4.69) is 56.6 Å². The number of benzene rings is 1. The molecule has 2 atom stereocenters. The Morgan fingerprint density at radius 1 is 1.25 bits per heavy atom. The molecule has 2 fully saturated rings. The SMILES string of the molecule is CN=C(NCc1cccc(CN2CCOC(C)C2)c1)N1CCC(NC(=O)OC(C)(C)C)C1. The van der Waals surface area contributed by atoms with Crippen molar-refractivity contribution in [1.29, 1.82) is 0 Å². The lowest BCUT2D eigenvalue weighted by Gasteiger charge is -2.31. The molecule has 0 bridgehead atoms. The number of likely N-dealkylation sites (tertiary alicyclic amines) is 1. The van der Waals surface area contributed by atoms with E-state index < -0.39 is 5.60 Å². The van der Waals surface area contributed by atoms with Crippen molar-refractivity contribution in [3.63, 3.8) is 0 Å². The molecule has 2 unspecified atom stereocenters.